The number of nitrogens with zero attached hydrogens (tertiary/aromatic N) is 3. The fraction of sp³-hybridized carbons (Fsp3) is 0.130. The van der Waals surface area contributed by atoms with Crippen LogP contribution >= 0.6 is 0 Å². The number of amides is 1. The highest BCUT2D eigenvalue weighted by atomic mass is 32.2. The van der Waals surface area contributed by atoms with Crippen molar-refractivity contribution in [2.45, 2.75) is 25.3 Å². The zero-order valence-corrected chi connectivity index (χ0v) is 18.6. The molecule has 2 aromatic heterocycles. The van der Waals surface area contributed by atoms with Gasteiger partial charge >= 0.3 is 0 Å². The summed E-state index contributed by atoms with van der Waals surface area (Å²) in [6.07, 6.45) is 3.55. The number of carbonyl (C=O) groups is 1. The summed E-state index contributed by atoms with van der Waals surface area (Å²) < 4.78 is 19.8. The van der Waals surface area contributed by atoms with Gasteiger partial charge in [0, 0.05) is 29.4 Å². The zero-order valence-electron chi connectivity index (χ0n) is 17.7. The van der Waals surface area contributed by atoms with Crippen LogP contribution < -0.4 is 15.2 Å². The maximum absolute atomic E-state index is 12.9. The molecule has 0 aliphatic rings. The van der Waals surface area contributed by atoms with Crippen molar-refractivity contribution >= 4 is 38.2 Å². The van der Waals surface area contributed by atoms with Gasteiger partial charge in [-0.25, -0.2) is 9.19 Å². The molecule has 1 atom stereocenters. The third-order valence-electron chi connectivity index (χ3n) is 4.82. The summed E-state index contributed by atoms with van der Waals surface area (Å²) in [5, 5.41) is 13.7. The van der Waals surface area contributed by atoms with Gasteiger partial charge in [-0.2, -0.15) is 5.10 Å². The summed E-state index contributed by atoms with van der Waals surface area (Å²) in [4.78, 5) is 17.5. The molecular formula is C23H23N5O3S. The second kappa shape index (κ2) is 8.45. The van der Waals surface area contributed by atoms with E-state index in [1.807, 2.05) is 26.1 Å². The van der Waals surface area contributed by atoms with Gasteiger partial charge in [0.05, 0.1) is 20.6 Å². The number of anilines is 1. The van der Waals surface area contributed by atoms with Crippen LogP contribution in [0.5, 0.6) is 11.5 Å². The van der Waals surface area contributed by atoms with Gasteiger partial charge in [-0.1, -0.05) is 6.07 Å². The van der Waals surface area contributed by atoms with Crippen molar-refractivity contribution in [1.29, 1.82) is 0 Å². The summed E-state index contributed by atoms with van der Waals surface area (Å²) in [6.45, 7) is 4.58. The zero-order chi connectivity index (χ0) is 22.9. The lowest BCUT2D eigenvalue weighted by atomic mass is 10.1. The average Bonchev–Trinajstić information content (AvgIpc) is 3.19. The number of fused-ring (bicyclic) bond motifs is 1. The number of aryl methyl sites for hydroxylation is 2. The van der Waals surface area contributed by atoms with Crippen LogP contribution in [0.25, 0.3) is 10.9 Å². The summed E-state index contributed by atoms with van der Waals surface area (Å²) in [7, 11) is -2.81. The number of carbonyl (C=O) groups excluding carboxylic acids is 1. The van der Waals surface area contributed by atoms with E-state index in [9.17, 15) is 9.00 Å². The Balaban J connectivity index is 1.69. The van der Waals surface area contributed by atoms with E-state index >= 15 is 0 Å². The van der Waals surface area contributed by atoms with Crippen LogP contribution in [-0.4, -0.2) is 30.8 Å². The smallest absolute Gasteiger partial charge is 0.257 e. The Hall–Kier alpha value is -3.69. The number of pyridine rings is 1. The van der Waals surface area contributed by atoms with E-state index in [0.717, 1.165) is 10.9 Å². The molecule has 2 aromatic carbocycles. The molecule has 32 heavy (non-hydrogen) atoms. The normalized spacial score (nSPS) is 13.0. The highest BCUT2D eigenvalue weighted by molar-refractivity contribution is 7.98. The van der Waals surface area contributed by atoms with Crippen molar-refractivity contribution < 1.29 is 13.7 Å². The van der Waals surface area contributed by atoms with Crippen LogP contribution in [0, 0.1) is 6.92 Å². The highest BCUT2D eigenvalue weighted by Crippen LogP contribution is 2.32. The van der Waals surface area contributed by atoms with Gasteiger partial charge in [-0.3, -0.25) is 14.6 Å². The van der Waals surface area contributed by atoms with Crippen molar-refractivity contribution in [3.8, 4) is 11.5 Å². The Morgan fingerprint density at radius 3 is 2.59 bits per heavy atom. The van der Waals surface area contributed by atoms with E-state index in [1.54, 1.807) is 53.3 Å². The molecule has 2 heterocycles. The molecule has 4 rings (SSSR count). The molecule has 8 nitrogen and oxygen atoms in total. The van der Waals surface area contributed by atoms with Gasteiger partial charge in [0.1, 0.15) is 17.3 Å². The van der Waals surface area contributed by atoms with E-state index in [1.165, 1.54) is 0 Å². The maximum Gasteiger partial charge on any atom is 0.257 e. The molecule has 0 aliphatic carbocycles. The molecule has 1 amide bonds. The minimum Gasteiger partial charge on any atom is -0.457 e. The molecule has 164 valence electrons. The topological polar surface area (TPSA) is 112 Å². The van der Waals surface area contributed by atoms with E-state index in [2.05, 4.69) is 21.3 Å². The number of hydrogen-bond donors (Lipinski definition) is 2. The van der Waals surface area contributed by atoms with Gasteiger partial charge in [-0.15, -0.1) is 0 Å². The van der Waals surface area contributed by atoms with Crippen LogP contribution in [0.1, 0.15) is 22.8 Å². The van der Waals surface area contributed by atoms with Crippen LogP contribution in [0.15, 0.2) is 65.8 Å². The predicted octanol–water partition coefficient (Wildman–Crippen LogP) is 3.75. The minimum atomic E-state index is -2.81. The number of nitrogens with one attached hydrogen (secondary N) is 1. The Labute approximate surface area is 186 Å². The lowest BCUT2D eigenvalue weighted by Gasteiger charge is -2.10. The first-order valence-electron chi connectivity index (χ1n) is 9.91. The number of hydrogen-bond acceptors (Lipinski definition) is 5. The molecule has 4 aromatic rings. The second-order valence-corrected chi connectivity index (χ2v) is 9.29. The van der Waals surface area contributed by atoms with E-state index in [0.29, 0.717) is 39.8 Å². The van der Waals surface area contributed by atoms with Gasteiger partial charge in [0.15, 0.2) is 0 Å². The SMILES string of the molecule is C=S(N)(=O)c1ccc(Oc2cc(C(=O)Nc3ccc(C)cn3)cc3nn(CC)cc23)cc1. The third kappa shape index (κ3) is 4.63. The maximum atomic E-state index is 12.9. The van der Waals surface area contributed by atoms with Crippen molar-refractivity contribution in [2.75, 3.05) is 5.32 Å². The number of rotatable bonds is 6. The molecule has 0 spiro atoms. The second-order valence-electron chi connectivity index (χ2n) is 7.37. The third-order valence-corrected chi connectivity index (χ3v) is 5.89. The van der Waals surface area contributed by atoms with Crippen molar-refractivity contribution in [2.24, 2.45) is 5.14 Å². The van der Waals surface area contributed by atoms with Crippen LogP contribution in [0.4, 0.5) is 5.82 Å². The lowest BCUT2D eigenvalue weighted by molar-refractivity contribution is 0.102. The molecule has 0 saturated heterocycles. The summed E-state index contributed by atoms with van der Waals surface area (Å²) in [5.74, 6) is 4.59. The molecule has 3 N–H and O–H groups in total. The molecule has 0 fully saturated rings. The Morgan fingerprint density at radius 1 is 1.22 bits per heavy atom. The van der Waals surface area contributed by atoms with Crippen LogP contribution in [0.3, 0.4) is 0 Å². The van der Waals surface area contributed by atoms with Crippen LogP contribution in [-0.2, 0) is 16.3 Å². The molecule has 0 aliphatic heterocycles. The minimum absolute atomic E-state index is 0.325. The molecule has 0 radical (unpaired) electrons. The number of ether oxygens (including phenoxy) is 1. The standard InChI is InChI=1S/C23H23N5O3S/c1-4-28-14-19-20(27-28)11-16(23(29)26-22-10-5-15(2)13-25-22)12-21(19)31-17-6-8-18(9-7-17)32(3,24)30/h5-14H,3-4H2,1-2H3,(H2,24,30)(H,25,26,29). The molecule has 1 unspecified atom stereocenters. The van der Waals surface area contributed by atoms with Gasteiger partial charge in [0.25, 0.3) is 5.91 Å². The average molecular weight is 450 g/mol. The van der Waals surface area contributed by atoms with E-state index in [-0.39, 0.29) is 5.91 Å². The number of nitrogens with two attached hydrogens (primary N) is 1. The Kier molecular flexibility index (Phi) is 5.68. The van der Waals surface area contributed by atoms with Crippen molar-refractivity contribution in [1.82, 2.24) is 14.8 Å². The highest BCUT2D eigenvalue weighted by Gasteiger charge is 2.15. The quantitative estimate of drug-likeness (QED) is 0.435. The first-order chi connectivity index (χ1) is 15.2. The molecular weight excluding hydrogens is 426 g/mol. The van der Waals surface area contributed by atoms with Gasteiger partial charge < -0.3 is 10.1 Å². The first kappa shape index (κ1) is 21.5. The fourth-order valence-corrected chi connectivity index (χ4v) is 3.71. The van der Waals surface area contributed by atoms with E-state index < -0.39 is 9.71 Å². The van der Waals surface area contributed by atoms with Gasteiger partial charge in [0.2, 0.25) is 0 Å². The van der Waals surface area contributed by atoms with Crippen LogP contribution in [0.2, 0.25) is 0 Å². The summed E-state index contributed by atoms with van der Waals surface area (Å²) in [5.41, 5.74) is 2.02. The van der Waals surface area contributed by atoms with Gasteiger partial charge in [-0.05, 0) is 67.7 Å². The van der Waals surface area contributed by atoms with E-state index in [4.69, 9.17) is 9.88 Å². The predicted molar refractivity (Wildman–Crippen MR) is 127 cm³/mol. The summed E-state index contributed by atoms with van der Waals surface area (Å²) >= 11 is 0. The number of benzene rings is 2. The largest absolute Gasteiger partial charge is 0.457 e. The lowest BCUT2D eigenvalue weighted by Crippen LogP contribution is -2.13. The Bertz CT molecular complexity index is 1390. The Morgan fingerprint density at radius 2 is 1.97 bits per heavy atom. The molecule has 0 saturated carbocycles. The monoisotopic (exact) mass is 449 g/mol. The summed E-state index contributed by atoms with van der Waals surface area (Å²) in [6, 6.07) is 13.5. The first-order valence-corrected chi connectivity index (χ1v) is 11.7. The molecule has 9 heteroatoms. The molecule has 0 bridgehead atoms. The van der Waals surface area contributed by atoms with Crippen molar-refractivity contribution in [3.63, 3.8) is 0 Å². The number of aromatic nitrogens is 3. The van der Waals surface area contributed by atoms with Crippen molar-refractivity contribution in [3.05, 3.63) is 72.1 Å². The fourth-order valence-electron chi connectivity index (χ4n) is 3.11.